The minimum atomic E-state index is -1.57. The number of carbonyl (C=O) groups excluding carboxylic acids is 2. The van der Waals surface area contributed by atoms with Crippen LogP contribution in [0.25, 0.3) is 11.5 Å². The molecule has 0 aromatic heterocycles. The van der Waals surface area contributed by atoms with E-state index in [2.05, 4.69) is 31.9 Å². The second-order valence-corrected chi connectivity index (χ2v) is 31.9. The first-order valence-electron chi connectivity index (χ1n) is 33.2. The van der Waals surface area contributed by atoms with Crippen molar-refractivity contribution < 1.29 is 59.9 Å². The number of ether oxygens (including phenoxy) is 2. The van der Waals surface area contributed by atoms with Crippen LogP contribution in [0.1, 0.15) is 168 Å². The molecular formula is C78H108Cl6N6O12S3-6. The highest BCUT2D eigenvalue weighted by atomic mass is 35.5. The van der Waals surface area contributed by atoms with Crippen molar-refractivity contribution in [3.8, 4) is 0 Å². The maximum Gasteiger partial charge on any atom is 0.179 e. The van der Waals surface area contributed by atoms with Crippen molar-refractivity contribution in [1.29, 1.82) is 0 Å². The number of hydrogen-bond acceptors (Lipinski definition) is 18. The number of ketones is 2. The minimum Gasteiger partial charge on any atom is -0.871 e. The van der Waals surface area contributed by atoms with Crippen LogP contribution in [0.15, 0.2) is 157 Å². The second-order valence-electron chi connectivity index (χ2n) is 29.2. The average molecular weight is 1630 g/mol. The Labute approximate surface area is 673 Å². The Kier molecular flexibility index (Phi) is 42.6. The summed E-state index contributed by atoms with van der Waals surface area (Å²) >= 11 is 35.2. The van der Waals surface area contributed by atoms with Gasteiger partial charge < -0.3 is 82.2 Å². The molecule has 8 rings (SSSR count). The van der Waals surface area contributed by atoms with E-state index >= 15 is 0 Å². The summed E-state index contributed by atoms with van der Waals surface area (Å²) in [4.78, 5) is 24.1. The molecule has 2 fully saturated rings. The normalized spacial score (nSPS) is 19.1. The summed E-state index contributed by atoms with van der Waals surface area (Å²) in [5.41, 5.74) is 1.75. The Morgan fingerprint density at radius 1 is 0.476 bits per heavy atom. The highest BCUT2D eigenvalue weighted by Gasteiger charge is 2.39. The highest BCUT2D eigenvalue weighted by Crippen LogP contribution is 2.33. The van der Waals surface area contributed by atoms with Crippen molar-refractivity contribution in [1.82, 2.24) is 31.9 Å². The van der Waals surface area contributed by atoms with Crippen LogP contribution in [0, 0.1) is 0 Å². The maximum atomic E-state index is 12.8. The molecule has 6 atom stereocenters. The van der Waals surface area contributed by atoms with E-state index in [4.69, 9.17) is 89.3 Å². The van der Waals surface area contributed by atoms with Crippen molar-refractivity contribution in [2.75, 3.05) is 39.6 Å². The molecule has 0 radical (unpaired) electrons. The summed E-state index contributed by atoms with van der Waals surface area (Å²) < 4.78 is 11.1. The molecule has 2 heterocycles. The number of allylic oxidation sites excluding steroid dienone is 2. The fourth-order valence-corrected chi connectivity index (χ4v) is 11.6. The van der Waals surface area contributed by atoms with Gasteiger partial charge in [-0.15, -0.1) is 13.2 Å². The molecule has 6 aromatic carbocycles. The Morgan fingerprint density at radius 3 is 0.962 bits per heavy atom. The van der Waals surface area contributed by atoms with Crippen molar-refractivity contribution in [3.63, 3.8) is 0 Å². The van der Waals surface area contributed by atoms with Gasteiger partial charge in [0.2, 0.25) is 0 Å². The Balaban J connectivity index is 0.00000123. The molecule has 2 aliphatic heterocycles. The van der Waals surface area contributed by atoms with Crippen LogP contribution in [0.2, 0.25) is 30.1 Å². The lowest BCUT2D eigenvalue weighted by Gasteiger charge is -2.54. The zero-order valence-corrected chi connectivity index (χ0v) is 70.7. The van der Waals surface area contributed by atoms with E-state index in [1.807, 2.05) is 69.2 Å². The summed E-state index contributed by atoms with van der Waals surface area (Å²) in [6.07, 6.45) is 0. The molecule has 0 aliphatic carbocycles. The Hall–Kier alpha value is -4.35. The van der Waals surface area contributed by atoms with Gasteiger partial charge in [0.15, 0.2) is 11.6 Å². The van der Waals surface area contributed by atoms with Gasteiger partial charge >= 0.3 is 0 Å². The van der Waals surface area contributed by atoms with Crippen LogP contribution in [0.5, 0.6) is 0 Å². The van der Waals surface area contributed by atoms with Crippen molar-refractivity contribution in [2.45, 2.75) is 194 Å². The smallest absolute Gasteiger partial charge is 0.179 e. The molecule has 27 heteroatoms. The molecule has 0 amide bonds. The third-order valence-corrected chi connectivity index (χ3v) is 17.2. The van der Waals surface area contributed by atoms with E-state index < -0.39 is 45.8 Å². The number of rotatable bonds is 20. The van der Waals surface area contributed by atoms with Gasteiger partial charge in [-0.3, -0.25) is 9.59 Å². The van der Waals surface area contributed by atoms with E-state index in [0.717, 1.165) is 0 Å². The van der Waals surface area contributed by atoms with Crippen molar-refractivity contribution in [3.05, 3.63) is 221 Å². The molecule has 0 spiro atoms. The lowest BCUT2D eigenvalue weighted by molar-refractivity contribution is -0.583. The molecule has 18 nitrogen and oxygen atoms in total. The highest BCUT2D eigenvalue weighted by molar-refractivity contribution is 7.59. The number of morpholine rings is 2. The molecule has 2 aliphatic rings. The quantitative estimate of drug-likeness (QED) is 0.0260. The topological polar surface area (TPSA) is 304 Å². The average Bonchev–Trinajstić information content (AvgIpc) is 0.779. The molecule has 6 unspecified atom stereocenters. The number of benzene rings is 6. The summed E-state index contributed by atoms with van der Waals surface area (Å²) in [6.45, 7) is 33.2. The number of aliphatic hydroxyl groups excluding tert-OH is 2. The number of halogens is 6. The first-order valence-corrected chi connectivity index (χ1v) is 35.5. The first kappa shape index (κ1) is 101. The predicted molar refractivity (Wildman–Crippen MR) is 434 cm³/mol. The van der Waals surface area contributed by atoms with Crippen LogP contribution in [-0.2, 0) is 21.0 Å². The fraction of sp³-hybridized carbons (Fsp3) is 0.462. The second kappa shape index (κ2) is 44.5. The van der Waals surface area contributed by atoms with Gasteiger partial charge in [-0.05, 0) is 231 Å². The SMILES string of the molecule is C/C(NC(C)(C)CO)=C(/[O-])c1cccc(Cl)c1.C/C(NC(C)(C)CO)=C(/[O-])c1cccc(Cl)c1.CC(NC(C)(C)C[O-])C(=O)c1cccc(Cl)c1.CC(NC(C)(C)C[O-])C(=O)c1cccc(Cl)c1.CC1NC(C)(C)COC1([O-])c1cccc(Cl)c1.CC1NC(C)(C)COC1([O-])c1cccc(Cl)c1.S.S.S. The lowest BCUT2D eigenvalue weighted by atomic mass is 9.93. The van der Waals surface area contributed by atoms with Gasteiger partial charge in [0.05, 0.1) is 49.6 Å². The van der Waals surface area contributed by atoms with Gasteiger partial charge in [0.25, 0.3) is 0 Å². The minimum absolute atomic E-state index is 0. The van der Waals surface area contributed by atoms with Gasteiger partial charge in [-0.2, -0.15) is 40.5 Å². The lowest BCUT2D eigenvalue weighted by Crippen LogP contribution is -2.68. The molecule has 6 aromatic rings. The number of aliphatic hydroxyl groups is 2. The van der Waals surface area contributed by atoms with Gasteiger partial charge in [-0.1, -0.05) is 154 Å². The Bertz CT molecular complexity index is 3520. The molecule has 105 heavy (non-hydrogen) atoms. The van der Waals surface area contributed by atoms with Crippen molar-refractivity contribution >= 4 is 133 Å². The van der Waals surface area contributed by atoms with Gasteiger partial charge in [0, 0.05) is 87.4 Å². The van der Waals surface area contributed by atoms with Crippen LogP contribution in [0.3, 0.4) is 0 Å². The van der Waals surface area contributed by atoms with Crippen LogP contribution in [-0.4, -0.2) is 119 Å². The first-order chi connectivity index (χ1) is 47.1. The zero-order valence-electron chi connectivity index (χ0n) is 63.2. The van der Waals surface area contributed by atoms with E-state index in [9.17, 15) is 40.2 Å². The van der Waals surface area contributed by atoms with Crippen LogP contribution >= 0.6 is 110 Å². The summed E-state index contributed by atoms with van der Waals surface area (Å²) in [5, 5.41) is 112. The van der Waals surface area contributed by atoms with Gasteiger partial charge in [0.1, 0.15) is 0 Å². The third-order valence-electron chi connectivity index (χ3n) is 15.7. The molecule has 588 valence electrons. The van der Waals surface area contributed by atoms with E-state index in [0.29, 0.717) is 88.1 Å². The third kappa shape index (κ3) is 33.8. The predicted octanol–water partition coefficient (Wildman–Crippen LogP) is 10.4. The molecule has 8 N–H and O–H groups in total. The largest absolute Gasteiger partial charge is 0.871 e. The van der Waals surface area contributed by atoms with E-state index in [1.54, 1.807) is 201 Å². The standard InChI is InChI=1S/2C13H17ClNO2.2C13H18ClNO2.2C13H17ClNO2.3H2S/c2*1-9-13(16,17-8-12(2,3)15-9)10-5-4-6-11(14)7-10;4*1-9(15-13(2,3)8-16)12(17)10-5-4-6-11(14)7-10;;;/h2*4-7,9,15H,8H2,1-3H3;2*4-7,15-17H,8H2,1-3H3;2*4-7,9,15H,8H2,1-3H3;3*1H2/q2*-1;;;2*-1;;;/p-2/b;;2*12-9-;;;;;. The van der Waals surface area contributed by atoms with E-state index in [1.165, 1.54) is 0 Å². The van der Waals surface area contributed by atoms with Crippen molar-refractivity contribution in [2.24, 2.45) is 0 Å². The Morgan fingerprint density at radius 2 is 0.724 bits per heavy atom. The number of carbonyl (C=O) groups is 2. The summed E-state index contributed by atoms with van der Waals surface area (Å²) in [5.74, 6) is -3.49. The summed E-state index contributed by atoms with van der Waals surface area (Å²) in [6, 6.07) is 39.7. The van der Waals surface area contributed by atoms with Gasteiger partial charge in [-0.25, -0.2) is 0 Å². The zero-order chi connectivity index (χ0) is 77.6. The molecule has 2 saturated heterocycles. The van der Waals surface area contributed by atoms with Crippen LogP contribution in [0.4, 0.5) is 0 Å². The monoisotopic (exact) mass is 1630 g/mol. The molecule has 0 bridgehead atoms. The number of hydrogen-bond donors (Lipinski definition) is 8. The molecule has 0 saturated carbocycles. The number of Topliss-reactive ketones (excluding diaryl/α,β-unsaturated/α-hetero) is 2. The maximum absolute atomic E-state index is 12.8. The summed E-state index contributed by atoms with van der Waals surface area (Å²) in [7, 11) is 0. The van der Waals surface area contributed by atoms with E-state index in [-0.39, 0.29) is 113 Å². The molecular weight excluding hydrogens is 1520 g/mol. The van der Waals surface area contributed by atoms with Crippen LogP contribution < -0.4 is 62.5 Å². The fourth-order valence-electron chi connectivity index (χ4n) is 10.4. The number of nitrogens with one attached hydrogen (secondary N) is 6.